The molecule has 0 bridgehead atoms. The van der Waals surface area contributed by atoms with Crippen LogP contribution in [0.4, 0.5) is 10.1 Å². The zero-order valence-electron chi connectivity index (χ0n) is 10.4. The molecule has 7 heteroatoms. The van der Waals surface area contributed by atoms with E-state index in [2.05, 4.69) is 15.5 Å². The second-order valence-electron chi connectivity index (χ2n) is 3.92. The summed E-state index contributed by atoms with van der Waals surface area (Å²) in [6.45, 7) is 2.86. The summed E-state index contributed by atoms with van der Waals surface area (Å²) in [6, 6.07) is 4.12. The molecule has 0 unspecified atom stereocenters. The number of nitrogens with one attached hydrogen (secondary N) is 1. The van der Waals surface area contributed by atoms with E-state index in [9.17, 15) is 9.18 Å². The predicted molar refractivity (Wildman–Crippen MR) is 67.7 cm³/mol. The molecule has 0 spiro atoms. The molecule has 0 atom stereocenters. The van der Waals surface area contributed by atoms with Gasteiger partial charge in [-0.3, -0.25) is 4.79 Å². The van der Waals surface area contributed by atoms with Crippen molar-refractivity contribution in [2.45, 2.75) is 20.0 Å². The third kappa shape index (κ3) is 2.70. The van der Waals surface area contributed by atoms with E-state index in [0.29, 0.717) is 12.4 Å². The van der Waals surface area contributed by atoms with Gasteiger partial charge in [0.1, 0.15) is 12.1 Å². The van der Waals surface area contributed by atoms with E-state index < -0.39 is 11.7 Å². The maximum absolute atomic E-state index is 13.2. The number of carbonyl (C=O) groups excluding carboxylic acids is 1. The fourth-order valence-corrected chi connectivity index (χ4v) is 1.67. The highest BCUT2D eigenvalue weighted by Crippen LogP contribution is 2.15. The molecule has 0 fully saturated rings. The number of hydrogen-bond acceptors (Lipinski definition) is 4. The second-order valence-corrected chi connectivity index (χ2v) is 3.92. The molecule has 1 amide bonds. The molecule has 19 heavy (non-hydrogen) atoms. The first-order valence-electron chi connectivity index (χ1n) is 5.82. The van der Waals surface area contributed by atoms with Crippen molar-refractivity contribution in [2.24, 2.45) is 0 Å². The van der Waals surface area contributed by atoms with Gasteiger partial charge in [0.2, 0.25) is 0 Å². The molecule has 2 aromatic rings. The van der Waals surface area contributed by atoms with E-state index in [-0.39, 0.29) is 17.8 Å². The van der Waals surface area contributed by atoms with Crippen molar-refractivity contribution in [2.75, 3.05) is 5.73 Å². The van der Waals surface area contributed by atoms with E-state index in [1.54, 1.807) is 10.9 Å². The number of benzene rings is 1. The third-order valence-electron chi connectivity index (χ3n) is 2.74. The van der Waals surface area contributed by atoms with Crippen LogP contribution in [0.2, 0.25) is 0 Å². The Bertz CT molecular complexity index is 596. The smallest absolute Gasteiger partial charge is 0.253 e. The predicted octanol–water partition coefficient (Wildman–Crippen LogP) is 0.949. The number of aryl methyl sites for hydroxylation is 1. The van der Waals surface area contributed by atoms with E-state index in [0.717, 1.165) is 0 Å². The zero-order valence-corrected chi connectivity index (χ0v) is 10.4. The first-order valence-corrected chi connectivity index (χ1v) is 5.82. The Morgan fingerprint density at radius 3 is 3.05 bits per heavy atom. The van der Waals surface area contributed by atoms with Crippen molar-refractivity contribution in [3.63, 3.8) is 0 Å². The van der Waals surface area contributed by atoms with Crippen molar-refractivity contribution in [1.29, 1.82) is 0 Å². The molecule has 0 saturated carbocycles. The van der Waals surface area contributed by atoms with Gasteiger partial charge in [-0.1, -0.05) is 6.07 Å². The molecule has 100 valence electrons. The minimum Gasteiger partial charge on any atom is -0.396 e. The number of aromatic nitrogens is 3. The largest absolute Gasteiger partial charge is 0.396 e. The minimum atomic E-state index is -0.607. The molecule has 1 heterocycles. The molecule has 1 aromatic carbocycles. The normalized spacial score (nSPS) is 10.4. The van der Waals surface area contributed by atoms with Crippen LogP contribution in [0, 0.1) is 5.82 Å². The van der Waals surface area contributed by atoms with Gasteiger partial charge in [-0.25, -0.2) is 4.39 Å². The molecular weight excluding hydrogens is 249 g/mol. The average molecular weight is 263 g/mol. The first kappa shape index (κ1) is 13.0. The van der Waals surface area contributed by atoms with E-state index in [4.69, 9.17) is 5.73 Å². The molecule has 0 radical (unpaired) electrons. The highest BCUT2D eigenvalue weighted by molar-refractivity contribution is 5.99. The van der Waals surface area contributed by atoms with Gasteiger partial charge in [-0.15, -0.1) is 10.2 Å². The summed E-state index contributed by atoms with van der Waals surface area (Å²) in [6.07, 6.45) is 1.58. The summed E-state index contributed by atoms with van der Waals surface area (Å²) in [7, 11) is 0. The summed E-state index contributed by atoms with van der Waals surface area (Å²) in [5, 5.41) is 10.3. The Hall–Kier alpha value is -2.44. The van der Waals surface area contributed by atoms with Crippen LogP contribution in [-0.2, 0) is 13.1 Å². The average Bonchev–Trinajstić information content (AvgIpc) is 2.86. The molecule has 2 rings (SSSR count). The van der Waals surface area contributed by atoms with Gasteiger partial charge >= 0.3 is 0 Å². The lowest BCUT2D eigenvalue weighted by atomic mass is 10.1. The maximum atomic E-state index is 13.2. The minimum absolute atomic E-state index is 0.113. The number of hydrogen-bond donors (Lipinski definition) is 2. The number of carbonyl (C=O) groups is 1. The van der Waals surface area contributed by atoms with Gasteiger partial charge in [0, 0.05) is 6.54 Å². The number of nitrogens with two attached hydrogens (primary N) is 1. The number of anilines is 1. The summed E-state index contributed by atoms with van der Waals surface area (Å²) >= 11 is 0. The molecule has 6 nitrogen and oxygen atoms in total. The lowest BCUT2D eigenvalue weighted by molar-refractivity contribution is 0.0950. The highest BCUT2D eigenvalue weighted by atomic mass is 19.1. The van der Waals surface area contributed by atoms with Crippen molar-refractivity contribution < 1.29 is 9.18 Å². The Morgan fingerprint density at radius 2 is 2.32 bits per heavy atom. The molecule has 3 N–H and O–H groups in total. The first-order chi connectivity index (χ1) is 9.13. The zero-order chi connectivity index (χ0) is 13.8. The Balaban J connectivity index is 2.08. The lowest BCUT2D eigenvalue weighted by Gasteiger charge is -2.08. The van der Waals surface area contributed by atoms with Crippen LogP contribution in [0.15, 0.2) is 24.5 Å². The molecule has 0 aliphatic heterocycles. The van der Waals surface area contributed by atoms with E-state index >= 15 is 0 Å². The van der Waals surface area contributed by atoms with Gasteiger partial charge in [0.15, 0.2) is 5.82 Å². The molecular formula is C12H14FN5O. The summed E-state index contributed by atoms with van der Waals surface area (Å²) in [4.78, 5) is 11.9. The molecule has 1 aromatic heterocycles. The number of rotatable bonds is 4. The third-order valence-corrected chi connectivity index (χ3v) is 2.74. The van der Waals surface area contributed by atoms with Crippen molar-refractivity contribution in [3.8, 4) is 0 Å². The van der Waals surface area contributed by atoms with E-state index in [1.165, 1.54) is 18.2 Å². The number of nitrogens with zero attached hydrogens (tertiary/aromatic N) is 3. The Kier molecular flexibility index (Phi) is 3.74. The number of halogens is 1. The quantitative estimate of drug-likeness (QED) is 0.804. The second kappa shape index (κ2) is 5.47. The van der Waals surface area contributed by atoms with Crippen LogP contribution in [0.5, 0.6) is 0 Å². The molecule has 0 aliphatic rings. The lowest BCUT2D eigenvalue weighted by Crippen LogP contribution is -2.25. The fourth-order valence-electron chi connectivity index (χ4n) is 1.67. The van der Waals surface area contributed by atoms with Crippen molar-refractivity contribution in [3.05, 3.63) is 41.7 Å². The van der Waals surface area contributed by atoms with Gasteiger partial charge in [0.25, 0.3) is 5.91 Å². The fraction of sp³-hybridized carbons (Fsp3) is 0.250. The molecule has 0 saturated heterocycles. The van der Waals surface area contributed by atoms with E-state index in [1.807, 2.05) is 6.92 Å². The highest BCUT2D eigenvalue weighted by Gasteiger charge is 2.13. The summed E-state index contributed by atoms with van der Waals surface area (Å²) < 4.78 is 15.0. The van der Waals surface area contributed by atoms with Crippen molar-refractivity contribution >= 4 is 11.6 Å². The van der Waals surface area contributed by atoms with Crippen LogP contribution < -0.4 is 11.1 Å². The maximum Gasteiger partial charge on any atom is 0.253 e. The molecule has 0 aliphatic carbocycles. The number of amides is 1. The van der Waals surface area contributed by atoms with Crippen molar-refractivity contribution in [1.82, 2.24) is 20.1 Å². The monoisotopic (exact) mass is 263 g/mol. The Morgan fingerprint density at radius 1 is 1.53 bits per heavy atom. The van der Waals surface area contributed by atoms with Crippen LogP contribution in [0.3, 0.4) is 0 Å². The number of para-hydroxylation sites is 1. The Labute approximate surface area is 109 Å². The standard InChI is InChI=1S/C12H14FN5O/c1-2-18-7-16-17-10(18)6-15-12(19)8-4-3-5-9(13)11(8)14/h3-5,7H,2,6,14H2,1H3,(H,15,19). The van der Waals surface area contributed by atoms with Gasteiger partial charge in [-0.05, 0) is 19.1 Å². The van der Waals surface area contributed by atoms with Crippen LogP contribution in [0.1, 0.15) is 23.1 Å². The van der Waals surface area contributed by atoms with Crippen LogP contribution in [0.25, 0.3) is 0 Å². The van der Waals surface area contributed by atoms with Gasteiger partial charge in [-0.2, -0.15) is 0 Å². The van der Waals surface area contributed by atoms with Gasteiger partial charge < -0.3 is 15.6 Å². The van der Waals surface area contributed by atoms with Crippen LogP contribution >= 0.6 is 0 Å². The topological polar surface area (TPSA) is 85.8 Å². The summed E-state index contributed by atoms with van der Waals surface area (Å²) in [5.74, 6) is -0.419. The van der Waals surface area contributed by atoms with Crippen LogP contribution in [-0.4, -0.2) is 20.7 Å². The summed E-state index contributed by atoms with van der Waals surface area (Å²) in [5.41, 5.74) is 5.48. The number of nitrogen functional groups attached to an aromatic ring is 1. The SMILES string of the molecule is CCn1cnnc1CNC(=O)c1cccc(F)c1N. The van der Waals surface area contributed by atoms with Gasteiger partial charge in [0.05, 0.1) is 17.8 Å².